The average molecular weight is 480 g/mol. The molecule has 0 bridgehead atoms. The quantitative estimate of drug-likeness (QED) is 0.365. The van der Waals surface area contributed by atoms with Crippen molar-refractivity contribution in [3.05, 3.63) is 25.6 Å². The van der Waals surface area contributed by atoms with Gasteiger partial charge in [-0.1, -0.05) is 11.3 Å². The molecule has 2 aromatic heterocycles. The highest BCUT2D eigenvalue weighted by atomic mass is 79.9. The second-order valence-corrected chi connectivity index (χ2v) is 9.29. The van der Waals surface area contributed by atoms with Gasteiger partial charge in [-0.3, -0.25) is 4.79 Å². The van der Waals surface area contributed by atoms with Crippen LogP contribution in [-0.2, 0) is 4.74 Å². The maximum Gasteiger partial charge on any atom is 0.216 e. The average Bonchev–Trinajstić information content (AvgIpc) is 3.24. The van der Waals surface area contributed by atoms with Gasteiger partial charge in [0.1, 0.15) is 30.5 Å². The summed E-state index contributed by atoms with van der Waals surface area (Å²) in [6, 6.07) is 0. The third kappa shape index (κ3) is 4.38. The van der Waals surface area contributed by atoms with Gasteiger partial charge in [0.2, 0.25) is 5.78 Å². The summed E-state index contributed by atoms with van der Waals surface area (Å²) in [5.74, 6) is -0.172. The van der Waals surface area contributed by atoms with E-state index in [1.807, 2.05) is 0 Å². The number of carbonyl (C=O) groups is 1. The first-order valence-corrected chi connectivity index (χ1v) is 10.4. The Bertz CT molecular complexity index is 813. The summed E-state index contributed by atoms with van der Waals surface area (Å²) in [5.41, 5.74) is 0.640. The van der Waals surface area contributed by atoms with Gasteiger partial charge in [0.05, 0.1) is 28.3 Å². The number of aromatic nitrogens is 2. The molecule has 0 saturated carbocycles. The SMILES string of the molecule is Cc1nc(Br)sc1C(=O)c1cnc(NCC2OC(CO)C(O)C(O)C2O)s1. The second-order valence-electron chi connectivity index (χ2n) is 5.99. The van der Waals surface area contributed by atoms with Gasteiger partial charge in [-0.2, -0.15) is 0 Å². The van der Waals surface area contributed by atoms with E-state index in [2.05, 4.69) is 31.2 Å². The van der Waals surface area contributed by atoms with Gasteiger partial charge >= 0.3 is 0 Å². The highest BCUT2D eigenvalue weighted by molar-refractivity contribution is 9.11. The van der Waals surface area contributed by atoms with Crippen molar-refractivity contribution in [3.8, 4) is 0 Å². The number of aliphatic hydroxyl groups is 4. The van der Waals surface area contributed by atoms with Crippen LogP contribution in [0.3, 0.4) is 0 Å². The van der Waals surface area contributed by atoms with Gasteiger partial charge in [0.15, 0.2) is 9.05 Å². The van der Waals surface area contributed by atoms with Crippen LogP contribution in [0.4, 0.5) is 5.13 Å². The molecule has 5 unspecified atom stereocenters. The zero-order valence-electron chi connectivity index (χ0n) is 14.1. The Morgan fingerprint density at radius 2 is 1.96 bits per heavy atom. The minimum Gasteiger partial charge on any atom is -0.394 e. The molecule has 0 aromatic carbocycles. The first kappa shape index (κ1) is 20.7. The molecule has 2 aromatic rings. The van der Waals surface area contributed by atoms with Crippen LogP contribution < -0.4 is 5.32 Å². The van der Waals surface area contributed by atoms with Crippen LogP contribution in [0.1, 0.15) is 20.2 Å². The first-order chi connectivity index (χ1) is 12.8. The number of ether oxygens (including phenoxy) is 1. The number of hydrogen-bond acceptors (Lipinski definition) is 11. The maximum atomic E-state index is 12.6. The van der Waals surface area contributed by atoms with E-state index in [4.69, 9.17) is 4.74 Å². The number of aliphatic hydroxyl groups excluding tert-OH is 4. The Hall–Kier alpha value is -0.990. The summed E-state index contributed by atoms with van der Waals surface area (Å²) >= 11 is 5.66. The minimum atomic E-state index is -1.43. The van der Waals surface area contributed by atoms with Crippen LogP contribution in [-0.4, -0.2) is 79.8 Å². The molecular weight excluding hydrogens is 462 g/mol. The van der Waals surface area contributed by atoms with Gasteiger partial charge in [-0.05, 0) is 22.9 Å². The molecule has 1 saturated heterocycles. The molecule has 1 fully saturated rings. The molecule has 3 heterocycles. The molecule has 5 atom stereocenters. The largest absolute Gasteiger partial charge is 0.394 e. The summed E-state index contributed by atoms with van der Waals surface area (Å²) in [6.45, 7) is 1.35. The molecule has 5 N–H and O–H groups in total. The molecule has 12 heteroatoms. The lowest BCUT2D eigenvalue weighted by Gasteiger charge is -2.40. The molecule has 1 aliphatic rings. The summed E-state index contributed by atoms with van der Waals surface area (Å²) in [4.78, 5) is 21.8. The highest BCUT2D eigenvalue weighted by Crippen LogP contribution is 2.29. The predicted octanol–water partition coefficient (Wildman–Crippen LogP) is 0.156. The lowest BCUT2D eigenvalue weighted by molar-refractivity contribution is -0.225. The normalized spacial score (nSPS) is 28.3. The van der Waals surface area contributed by atoms with Crippen LogP contribution in [0.25, 0.3) is 0 Å². The van der Waals surface area contributed by atoms with Crippen molar-refractivity contribution in [2.75, 3.05) is 18.5 Å². The molecule has 0 amide bonds. The monoisotopic (exact) mass is 479 g/mol. The maximum absolute atomic E-state index is 12.6. The second kappa shape index (κ2) is 8.57. The van der Waals surface area contributed by atoms with E-state index in [0.717, 1.165) is 11.3 Å². The van der Waals surface area contributed by atoms with Gasteiger partial charge in [-0.15, -0.1) is 11.3 Å². The number of ketones is 1. The number of halogens is 1. The highest BCUT2D eigenvalue weighted by Gasteiger charge is 2.43. The van der Waals surface area contributed by atoms with Crippen molar-refractivity contribution < 1.29 is 30.0 Å². The number of nitrogens with zero attached hydrogens (tertiary/aromatic N) is 2. The summed E-state index contributed by atoms with van der Waals surface area (Å²) < 4.78 is 6.05. The molecule has 148 valence electrons. The Morgan fingerprint density at radius 3 is 2.59 bits per heavy atom. The van der Waals surface area contributed by atoms with E-state index in [1.165, 1.54) is 17.5 Å². The molecule has 0 radical (unpaired) electrons. The van der Waals surface area contributed by atoms with E-state index in [-0.39, 0.29) is 12.3 Å². The van der Waals surface area contributed by atoms with Gasteiger partial charge in [0.25, 0.3) is 0 Å². The third-order valence-corrected chi connectivity index (χ3v) is 6.71. The van der Waals surface area contributed by atoms with E-state index in [9.17, 15) is 25.2 Å². The zero-order valence-corrected chi connectivity index (χ0v) is 17.3. The fraction of sp³-hybridized carbons (Fsp3) is 0.533. The van der Waals surface area contributed by atoms with E-state index >= 15 is 0 Å². The molecule has 9 nitrogen and oxygen atoms in total. The fourth-order valence-electron chi connectivity index (χ4n) is 2.68. The Labute approximate surface area is 170 Å². The van der Waals surface area contributed by atoms with Gasteiger partial charge in [-0.25, -0.2) is 9.97 Å². The fourth-order valence-corrected chi connectivity index (χ4v) is 5.01. The molecule has 27 heavy (non-hydrogen) atoms. The molecule has 0 spiro atoms. The van der Waals surface area contributed by atoms with Gasteiger partial charge in [0, 0.05) is 6.54 Å². The molecule has 0 aliphatic carbocycles. The smallest absolute Gasteiger partial charge is 0.216 e. The lowest BCUT2D eigenvalue weighted by atomic mass is 9.95. The Kier molecular flexibility index (Phi) is 6.58. The third-order valence-electron chi connectivity index (χ3n) is 4.15. The number of anilines is 1. The van der Waals surface area contributed by atoms with Crippen molar-refractivity contribution in [3.63, 3.8) is 0 Å². The van der Waals surface area contributed by atoms with Crippen LogP contribution in [0.5, 0.6) is 0 Å². The molecule has 1 aliphatic heterocycles. The number of hydrogen-bond donors (Lipinski definition) is 5. The van der Waals surface area contributed by atoms with Crippen molar-refractivity contribution >= 4 is 49.5 Å². The number of aryl methyl sites for hydroxylation is 1. The Balaban J connectivity index is 1.64. The van der Waals surface area contributed by atoms with E-state index < -0.39 is 37.1 Å². The summed E-state index contributed by atoms with van der Waals surface area (Å²) in [5, 5.41) is 42.2. The Morgan fingerprint density at radius 1 is 1.26 bits per heavy atom. The first-order valence-electron chi connectivity index (χ1n) is 7.99. The van der Waals surface area contributed by atoms with Crippen molar-refractivity contribution in [1.82, 2.24) is 9.97 Å². The van der Waals surface area contributed by atoms with Crippen LogP contribution in [0.15, 0.2) is 10.1 Å². The summed E-state index contributed by atoms with van der Waals surface area (Å²) in [7, 11) is 0. The minimum absolute atomic E-state index is 0.0771. The van der Waals surface area contributed by atoms with Crippen molar-refractivity contribution in [2.45, 2.75) is 37.4 Å². The van der Waals surface area contributed by atoms with E-state index in [1.54, 1.807) is 6.92 Å². The number of nitrogens with one attached hydrogen (secondary N) is 1. The van der Waals surface area contributed by atoms with E-state index in [0.29, 0.717) is 24.5 Å². The van der Waals surface area contributed by atoms with Crippen molar-refractivity contribution in [1.29, 1.82) is 0 Å². The number of thiazole rings is 2. The van der Waals surface area contributed by atoms with Crippen LogP contribution in [0, 0.1) is 6.92 Å². The lowest BCUT2D eigenvalue weighted by Crippen LogP contribution is -2.60. The topological polar surface area (TPSA) is 145 Å². The zero-order chi connectivity index (χ0) is 19.7. The van der Waals surface area contributed by atoms with Crippen LogP contribution in [0.2, 0.25) is 0 Å². The van der Waals surface area contributed by atoms with Crippen LogP contribution >= 0.6 is 38.6 Å². The van der Waals surface area contributed by atoms with Gasteiger partial charge < -0.3 is 30.5 Å². The predicted molar refractivity (Wildman–Crippen MR) is 102 cm³/mol. The standard InChI is InChI=1S/C15H18BrN3O6S2/c1-5-13(27-14(16)19-5)11(23)8-3-18-15(26-8)17-2-6-9(21)12(24)10(22)7(4-20)25-6/h3,6-7,9-10,12,20-22,24H,2,4H2,1H3,(H,17,18). The summed E-state index contributed by atoms with van der Waals surface area (Å²) in [6.07, 6.45) is -4.51. The number of carbonyl (C=O) groups excluding carboxylic acids is 1. The molecule has 3 rings (SSSR count). The van der Waals surface area contributed by atoms with Crippen molar-refractivity contribution in [2.24, 2.45) is 0 Å². The molecular formula is C15H18BrN3O6S2. The number of rotatable bonds is 6.